The van der Waals surface area contributed by atoms with E-state index in [4.69, 9.17) is 11.0 Å². The minimum atomic E-state index is -0.787. The maximum atomic E-state index is 12.4. The van der Waals surface area contributed by atoms with E-state index in [-0.39, 0.29) is 5.91 Å². The average Bonchev–Trinajstić information content (AvgIpc) is 2.40. The highest BCUT2D eigenvalue weighted by molar-refractivity contribution is 9.10. The van der Waals surface area contributed by atoms with Crippen LogP contribution in [0.5, 0.6) is 0 Å². The second-order valence-electron chi connectivity index (χ2n) is 5.62. The zero-order chi connectivity index (χ0) is 14.8. The Morgan fingerprint density at radius 1 is 1.60 bits per heavy atom. The molecule has 1 amide bonds. The number of rotatable bonds is 2. The van der Waals surface area contributed by atoms with Crippen molar-refractivity contribution in [3.8, 4) is 6.07 Å². The lowest BCUT2D eigenvalue weighted by molar-refractivity contribution is -0.122. The van der Waals surface area contributed by atoms with E-state index in [9.17, 15) is 4.79 Å². The molecule has 2 rings (SSSR count). The van der Waals surface area contributed by atoms with E-state index in [1.54, 1.807) is 18.2 Å². The molecule has 3 N–H and O–H groups in total. The molecule has 0 radical (unpaired) electrons. The van der Waals surface area contributed by atoms with E-state index in [1.807, 2.05) is 0 Å². The maximum Gasteiger partial charge on any atom is 0.244 e. The summed E-state index contributed by atoms with van der Waals surface area (Å²) in [5.41, 5.74) is 6.68. The molecule has 20 heavy (non-hydrogen) atoms. The summed E-state index contributed by atoms with van der Waals surface area (Å²) in [6.45, 7) is 2.13. The summed E-state index contributed by atoms with van der Waals surface area (Å²) in [5.74, 6) is 0.332. The lowest BCUT2D eigenvalue weighted by Gasteiger charge is -2.35. The lowest BCUT2D eigenvalue weighted by Crippen LogP contribution is -2.53. The van der Waals surface area contributed by atoms with Crippen molar-refractivity contribution >= 4 is 27.5 Å². The van der Waals surface area contributed by atoms with Crippen LogP contribution in [0, 0.1) is 17.2 Å². The van der Waals surface area contributed by atoms with E-state index in [0.717, 1.165) is 19.3 Å². The Labute approximate surface area is 127 Å². The van der Waals surface area contributed by atoms with E-state index in [2.05, 4.69) is 34.2 Å². The largest absolute Gasteiger partial charge is 0.323 e. The Balaban J connectivity index is 2.13. The van der Waals surface area contributed by atoms with Crippen LogP contribution < -0.4 is 11.1 Å². The predicted molar refractivity (Wildman–Crippen MR) is 82.0 cm³/mol. The minimum Gasteiger partial charge on any atom is -0.323 e. The standard InChI is InChI=1S/C15H18BrN3O/c1-10-3-2-6-15(18,8-10)14(20)19-13-5-4-11(9-17)7-12(13)16/h4-5,7,10H,2-3,6,8,18H2,1H3,(H,19,20). The molecule has 2 atom stereocenters. The van der Waals surface area contributed by atoms with Gasteiger partial charge in [0, 0.05) is 4.47 Å². The average molecular weight is 336 g/mol. The molecular weight excluding hydrogens is 318 g/mol. The van der Waals surface area contributed by atoms with Crippen molar-refractivity contribution in [2.75, 3.05) is 5.32 Å². The topological polar surface area (TPSA) is 78.9 Å². The first kappa shape index (κ1) is 15.0. The van der Waals surface area contributed by atoms with Gasteiger partial charge >= 0.3 is 0 Å². The molecule has 4 nitrogen and oxygen atoms in total. The number of carbonyl (C=O) groups excluding carboxylic acids is 1. The summed E-state index contributed by atoms with van der Waals surface area (Å²) in [6.07, 6.45) is 3.55. The predicted octanol–water partition coefficient (Wildman–Crippen LogP) is 3.17. The summed E-state index contributed by atoms with van der Waals surface area (Å²) in [6, 6.07) is 7.13. The third-order valence-corrected chi connectivity index (χ3v) is 4.49. The first-order valence-electron chi connectivity index (χ1n) is 6.74. The van der Waals surface area contributed by atoms with E-state index < -0.39 is 5.54 Å². The molecule has 0 bridgehead atoms. The summed E-state index contributed by atoms with van der Waals surface area (Å²) >= 11 is 3.36. The molecule has 106 valence electrons. The molecule has 0 saturated heterocycles. The monoisotopic (exact) mass is 335 g/mol. The zero-order valence-corrected chi connectivity index (χ0v) is 13.0. The van der Waals surface area contributed by atoms with Crippen LogP contribution in [-0.4, -0.2) is 11.4 Å². The SMILES string of the molecule is CC1CCCC(N)(C(=O)Nc2ccc(C#N)cc2Br)C1. The zero-order valence-electron chi connectivity index (χ0n) is 11.4. The van der Waals surface area contributed by atoms with Crippen LogP contribution in [-0.2, 0) is 4.79 Å². The molecule has 0 spiro atoms. The Hall–Kier alpha value is -1.38. The third kappa shape index (κ3) is 3.20. The highest BCUT2D eigenvalue weighted by atomic mass is 79.9. The summed E-state index contributed by atoms with van der Waals surface area (Å²) in [7, 11) is 0. The minimum absolute atomic E-state index is 0.144. The number of nitrogens with one attached hydrogen (secondary N) is 1. The molecule has 1 aromatic rings. The van der Waals surface area contributed by atoms with Crippen molar-refractivity contribution < 1.29 is 4.79 Å². The fourth-order valence-corrected chi connectivity index (χ4v) is 3.21. The van der Waals surface area contributed by atoms with Gasteiger partial charge in [0.05, 0.1) is 22.9 Å². The van der Waals surface area contributed by atoms with Crippen molar-refractivity contribution in [3.63, 3.8) is 0 Å². The van der Waals surface area contributed by atoms with Crippen LogP contribution in [0.15, 0.2) is 22.7 Å². The van der Waals surface area contributed by atoms with Gasteiger partial charge in [0.2, 0.25) is 5.91 Å². The number of benzene rings is 1. The van der Waals surface area contributed by atoms with Crippen LogP contribution in [0.4, 0.5) is 5.69 Å². The fourth-order valence-electron chi connectivity index (χ4n) is 2.73. The number of carbonyl (C=O) groups is 1. The molecule has 0 aromatic heterocycles. The first-order chi connectivity index (χ1) is 9.44. The Morgan fingerprint density at radius 2 is 2.35 bits per heavy atom. The number of hydrogen-bond donors (Lipinski definition) is 2. The summed E-state index contributed by atoms with van der Waals surface area (Å²) in [5, 5.41) is 11.7. The van der Waals surface area contributed by atoms with Gasteiger partial charge in [-0.05, 0) is 52.9 Å². The number of halogens is 1. The normalized spacial score (nSPS) is 25.8. The highest BCUT2D eigenvalue weighted by Crippen LogP contribution is 2.32. The molecule has 1 aromatic carbocycles. The molecule has 1 aliphatic carbocycles. The van der Waals surface area contributed by atoms with Gasteiger partial charge in [-0.1, -0.05) is 19.8 Å². The van der Waals surface area contributed by atoms with Gasteiger partial charge in [-0.15, -0.1) is 0 Å². The van der Waals surface area contributed by atoms with Crippen LogP contribution in [0.25, 0.3) is 0 Å². The lowest BCUT2D eigenvalue weighted by atomic mass is 9.76. The molecule has 2 unspecified atom stereocenters. The van der Waals surface area contributed by atoms with Gasteiger partial charge in [0.15, 0.2) is 0 Å². The second kappa shape index (κ2) is 5.94. The maximum absolute atomic E-state index is 12.4. The fraction of sp³-hybridized carbons (Fsp3) is 0.467. The van der Waals surface area contributed by atoms with E-state index >= 15 is 0 Å². The third-order valence-electron chi connectivity index (χ3n) is 3.83. The van der Waals surface area contributed by atoms with Crippen LogP contribution in [0.3, 0.4) is 0 Å². The summed E-state index contributed by atoms with van der Waals surface area (Å²) in [4.78, 5) is 12.4. The highest BCUT2D eigenvalue weighted by Gasteiger charge is 2.38. The first-order valence-corrected chi connectivity index (χ1v) is 7.54. The number of anilines is 1. The Bertz CT molecular complexity index is 567. The van der Waals surface area contributed by atoms with Crippen molar-refractivity contribution in [2.24, 2.45) is 11.7 Å². The Morgan fingerprint density at radius 3 is 2.95 bits per heavy atom. The van der Waals surface area contributed by atoms with Crippen LogP contribution in [0.1, 0.15) is 38.2 Å². The number of nitriles is 1. The van der Waals surface area contributed by atoms with Gasteiger partial charge in [-0.3, -0.25) is 4.79 Å². The molecule has 0 aliphatic heterocycles. The molecule has 0 heterocycles. The number of nitrogens with two attached hydrogens (primary N) is 1. The molecule has 5 heteroatoms. The van der Waals surface area contributed by atoms with Crippen molar-refractivity contribution in [3.05, 3.63) is 28.2 Å². The smallest absolute Gasteiger partial charge is 0.244 e. The van der Waals surface area contributed by atoms with Crippen molar-refractivity contribution in [1.29, 1.82) is 5.26 Å². The van der Waals surface area contributed by atoms with Crippen LogP contribution >= 0.6 is 15.9 Å². The second-order valence-corrected chi connectivity index (χ2v) is 6.47. The van der Waals surface area contributed by atoms with Gasteiger partial charge in [-0.2, -0.15) is 5.26 Å². The number of amides is 1. The number of hydrogen-bond acceptors (Lipinski definition) is 3. The molecule has 1 saturated carbocycles. The van der Waals surface area contributed by atoms with E-state index in [0.29, 0.717) is 28.1 Å². The van der Waals surface area contributed by atoms with Gasteiger partial charge in [0.1, 0.15) is 0 Å². The van der Waals surface area contributed by atoms with E-state index in [1.165, 1.54) is 0 Å². The van der Waals surface area contributed by atoms with Crippen LogP contribution in [0.2, 0.25) is 0 Å². The summed E-state index contributed by atoms with van der Waals surface area (Å²) < 4.78 is 0.692. The van der Waals surface area contributed by atoms with Crippen molar-refractivity contribution in [1.82, 2.24) is 0 Å². The quantitative estimate of drug-likeness (QED) is 0.871. The van der Waals surface area contributed by atoms with Crippen molar-refractivity contribution in [2.45, 2.75) is 38.1 Å². The van der Waals surface area contributed by atoms with Gasteiger partial charge in [-0.25, -0.2) is 0 Å². The Kier molecular flexibility index (Phi) is 4.46. The number of nitrogens with zero attached hydrogens (tertiary/aromatic N) is 1. The molecule has 1 aliphatic rings. The van der Waals surface area contributed by atoms with Gasteiger partial charge < -0.3 is 11.1 Å². The van der Waals surface area contributed by atoms with Gasteiger partial charge in [0.25, 0.3) is 0 Å². The molecular formula is C15H18BrN3O. The molecule has 1 fully saturated rings.